The Morgan fingerprint density at radius 2 is 1.25 bits per heavy atom. The molecule has 7 heteroatoms. The van der Waals surface area contributed by atoms with E-state index in [0.717, 1.165) is 6.54 Å². The summed E-state index contributed by atoms with van der Waals surface area (Å²) in [6.07, 6.45) is 0. The van der Waals surface area contributed by atoms with E-state index >= 15 is 0 Å². The minimum Gasteiger partial charge on any atom is -0.467 e. The number of ether oxygens (including phenoxy) is 5. The van der Waals surface area contributed by atoms with Crippen LogP contribution in [0.3, 0.4) is 0 Å². The molecule has 0 saturated carbocycles. The van der Waals surface area contributed by atoms with Crippen molar-refractivity contribution in [3.63, 3.8) is 0 Å². The van der Waals surface area contributed by atoms with Crippen molar-refractivity contribution >= 4 is 5.97 Å². The molecule has 0 aromatic heterocycles. The first kappa shape index (κ1) is 19.3. The number of carbonyl (C=O) groups is 1. The largest absolute Gasteiger partial charge is 0.467 e. The number of methoxy groups -OCH3 is 1. The molecular formula is C13H27NO6. The van der Waals surface area contributed by atoms with Crippen LogP contribution in [0, 0.1) is 0 Å². The first-order chi connectivity index (χ1) is 9.66. The third-order valence-electron chi connectivity index (χ3n) is 2.25. The summed E-state index contributed by atoms with van der Waals surface area (Å²) in [7, 11) is 5.34. The van der Waals surface area contributed by atoms with Gasteiger partial charge in [0.25, 0.3) is 0 Å². The van der Waals surface area contributed by atoms with Crippen LogP contribution in [0.2, 0.25) is 0 Å². The predicted molar refractivity (Wildman–Crippen MR) is 73.8 cm³/mol. The van der Waals surface area contributed by atoms with Gasteiger partial charge < -0.3 is 28.6 Å². The molecular weight excluding hydrogens is 266 g/mol. The molecule has 0 aliphatic carbocycles. The predicted octanol–water partition coefficient (Wildman–Crippen LogP) is -0.213. The number of carbonyl (C=O) groups excluding carboxylic acids is 1. The first-order valence-corrected chi connectivity index (χ1v) is 6.69. The lowest BCUT2D eigenvalue weighted by molar-refractivity contribution is -0.146. The number of nitrogens with zero attached hydrogens (tertiary/aromatic N) is 1. The van der Waals surface area contributed by atoms with E-state index in [2.05, 4.69) is 9.64 Å². The lowest BCUT2D eigenvalue weighted by atomic mass is 10.6. The zero-order valence-electron chi connectivity index (χ0n) is 12.8. The molecule has 0 aromatic rings. The molecule has 120 valence electrons. The Morgan fingerprint density at radius 3 is 1.70 bits per heavy atom. The van der Waals surface area contributed by atoms with E-state index in [9.17, 15) is 4.79 Å². The number of likely N-dealkylation sites (N-methyl/N-ethyl adjacent to an activating group) is 1. The van der Waals surface area contributed by atoms with Crippen LogP contribution in [0.15, 0.2) is 0 Å². The molecule has 0 aliphatic rings. The van der Waals surface area contributed by atoms with Gasteiger partial charge in [-0.2, -0.15) is 0 Å². The summed E-state index contributed by atoms with van der Waals surface area (Å²) in [6, 6.07) is 0. The second-order valence-corrected chi connectivity index (χ2v) is 4.27. The number of esters is 1. The summed E-state index contributed by atoms with van der Waals surface area (Å²) in [5.74, 6) is -0.386. The van der Waals surface area contributed by atoms with Crippen LogP contribution >= 0.6 is 0 Å². The van der Waals surface area contributed by atoms with Crippen LogP contribution in [-0.2, 0) is 28.5 Å². The second-order valence-electron chi connectivity index (χ2n) is 4.27. The first-order valence-electron chi connectivity index (χ1n) is 6.69. The third kappa shape index (κ3) is 15.3. The van der Waals surface area contributed by atoms with Crippen molar-refractivity contribution in [1.29, 1.82) is 0 Å². The molecule has 0 aromatic carbocycles. The smallest absolute Gasteiger partial charge is 0.331 e. The Kier molecular flexibility index (Phi) is 14.1. The summed E-state index contributed by atoms with van der Waals surface area (Å²) in [5, 5.41) is 0. The Labute approximate surface area is 121 Å². The topological polar surface area (TPSA) is 66.5 Å². The molecule has 0 atom stereocenters. The fourth-order valence-corrected chi connectivity index (χ4v) is 1.12. The third-order valence-corrected chi connectivity index (χ3v) is 2.25. The zero-order valence-corrected chi connectivity index (χ0v) is 12.8. The highest BCUT2D eigenvalue weighted by Gasteiger charge is 1.98. The normalized spacial score (nSPS) is 11.0. The highest BCUT2D eigenvalue weighted by Crippen LogP contribution is 1.84. The second kappa shape index (κ2) is 14.7. The zero-order chi connectivity index (χ0) is 15.1. The molecule has 0 saturated heterocycles. The van der Waals surface area contributed by atoms with Crippen molar-refractivity contribution in [3.05, 3.63) is 0 Å². The summed E-state index contributed by atoms with van der Waals surface area (Å²) in [4.78, 5) is 12.8. The van der Waals surface area contributed by atoms with E-state index < -0.39 is 0 Å². The number of hydrogen-bond donors (Lipinski definition) is 0. The van der Waals surface area contributed by atoms with Gasteiger partial charge in [0, 0.05) is 6.54 Å². The van der Waals surface area contributed by atoms with Crippen molar-refractivity contribution in [2.24, 2.45) is 0 Å². The van der Waals surface area contributed by atoms with Crippen molar-refractivity contribution in [2.45, 2.75) is 0 Å². The standard InChI is InChI=1S/C13H27NO6/c1-14(2)4-5-17-6-7-18-8-9-19-10-11-20-12-13(15)16-3/h4-12H2,1-3H3. The van der Waals surface area contributed by atoms with Crippen LogP contribution in [0.5, 0.6) is 0 Å². The summed E-state index contributed by atoms with van der Waals surface area (Å²) >= 11 is 0. The van der Waals surface area contributed by atoms with Gasteiger partial charge in [-0.05, 0) is 14.1 Å². The molecule has 7 nitrogen and oxygen atoms in total. The summed E-state index contributed by atoms with van der Waals surface area (Å²) in [5.41, 5.74) is 0. The molecule has 0 amide bonds. The molecule has 0 spiro atoms. The van der Waals surface area contributed by atoms with Gasteiger partial charge in [-0.15, -0.1) is 0 Å². The van der Waals surface area contributed by atoms with Gasteiger partial charge in [-0.25, -0.2) is 4.79 Å². The van der Waals surface area contributed by atoms with E-state index in [-0.39, 0.29) is 12.6 Å². The van der Waals surface area contributed by atoms with Gasteiger partial charge in [0.15, 0.2) is 0 Å². The maximum atomic E-state index is 10.7. The Balaban J connectivity index is 3.01. The number of hydrogen-bond acceptors (Lipinski definition) is 7. The highest BCUT2D eigenvalue weighted by atomic mass is 16.6. The van der Waals surface area contributed by atoms with Gasteiger partial charge in [0.1, 0.15) is 6.61 Å². The van der Waals surface area contributed by atoms with Gasteiger partial charge in [-0.3, -0.25) is 0 Å². The van der Waals surface area contributed by atoms with Crippen LogP contribution in [0.25, 0.3) is 0 Å². The Morgan fingerprint density at radius 1 is 0.800 bits per heavy atom. The molecule has 0 unspecified atom stereocenters. The van der Waals surface area contributed by atoms with Crippen molar-refractivity contribution in [2.75, 3.05) is 80.6 Å². The molecule has 0 bridgehead atoms. The molecule has 0 N–H and O–H groups in total. The average molecular weight is 293 g/mol. The van der Waals surface area contributed by atoms with E-state index in [0.29, 0.717) is 46.2 Å². The van der Waals surface area contributed by atoms with Crippen molar-refractivity contribution in [1.82, 2.24) is 4.90 Å². The monoisotopic (exact) mass is 293 g/mol. The fourth-order valence-electron chi connectivity index (χ4n) is 1.12. The van der Waals surface area contributed by atoms with E-state index in [1.54, 1.807) is 0 Å². The molecule has 0 radical (unpaired) electrons. The lowest BCUT2D eigenvalue weighted by Crippen LogP contribution is -2.19. The SMILES string of the molecule is COC(=O)COCCOCCOCCOCCN(C)C. The van der Waals surface area contributed by atoms with Crippen molar-refractivity contribution in [3.8, 4) is 0 Å². The van der Waals surface area contributed by atoms with Crippen LogP contribution in [0.4, 0.5) is 0 Å². The molecule has 0 heterocycles. The highest BCUT2D eigenvalue weighted by molar-refractivity contribution is 5.70. The van der Waals surface area contributed by atoms with Gasteiger partial charge >= 0.3 is 5.97 Å². The van der Waals surface area contributed by atoms with Gasteiger partial charge in [0.2, 0.25) is 0 Å². The Hall–Kier alpha value is -0.730. The summed E-state index contributed by atoms with van der Waals surface area (Å²) in [6.45, 7) is 4.56. The molecule has 0 fully saturated rings. The molecule has 0 rings (SSSR count). The van der Waals surface area contributed by atoms with Crippen molar-refractivity contribution < 1.29 is 28.5 Å². The quantitative estimate of drug-likeness (QED) is 0.324. The summed E-state index contributed by atoms with van der Waals surface area (Å²) < 4.78 is 25.4. The maximum Gasteiger partial charge on any atom is 0.331 e. The molecule has 20 heavy (non-hydrogen) atoms. The van der Waals surface area contributed by atoms with E-state index in [4.69, 9.17) is 18.9 Å². The lowest BCUT2D eigenvalue weighted by Gasteiger charge is -2.10. The van der Waals surface area contributed by atoms with Crippen LogP contribution in [-0.4, -0.2) is 91.5 Å². The van der Waals surface area contributed by atoms with E-state index in [1.165, 1.54) is 7.11 Å². The fraction of sp³-hybridized carbons (Fsp3) is 0.923. The minimum atomic E-state index is -0.386. The number of rotatable bonds is 14. The minimum absolute atomic E-state index is 0.0410. The molecule has 0 aliphatic heterocycles. The van der Waals surface area contributed by atoms with E-state index in [1.807, 2.05) is 14.1 Å². The van der Waals surface area contributed by atoms with Crippen LogP contribution < -0.4 is 0 Å². The Bertz CT molecular complexity index is 225. The van der Waals surface area contributed by atoms with Gasteiger partial charge in [-0.1, -0.05) is 0 Å². The average Bonchev–Trinajstić information content (AvgIpc) is 2.43. The van der Waals surface area contributed by atoms with Crippen LogP contribution in [0.1, 0.15) is 0 Å². The maximum absolute atomic E-state index is 10.7. The van der Waals surface area contributed by atoms with Gasteiger partial charge in [0.05, 0.1) is 53.4 Å².